The van der Waals surface area contributed by atoms with Crippen LogP contribution in [-0.2, 0) is 6.42 Å². The van der Waals surface area contributed by atoms with Crippen LogP contribution < -0.4 is 4.74 Å². The minimum absolute atomic E-state index is 0.393. The van der Waals surface area contributed by atoms with Crippen molar-refractivity contribution < 1.29 is 9.15 Å². The van der Waals surface area contributed by atoms with Crippen molar-refractivity contribution in [3.63, 3.8) is 0 Å². The van der Waals surface area contributed by atoms with E-state index in [9.17, 15) is 0 Å². The summed E-state index contributed by atoms with van der Waals surface area (Å²) in [6.07, 6.45) is 2.28. The highest BCUT2D eigenvalue weighted by Crippen LogP contribution is 2.40. The summed E-state index contributed by atoms with van der Waals surface area (Å²) in [6.45, 7) is 0. The van der Waals surface area contributed by atoms with Gasteiger partial charge in [0, 0.05) is 11.3 Å². The average molecular weight is 264 g/mol. The Labute approximate surface area is 118 Å². The first-order valence-electron chi connectivity index (χ1n) is 7.00. The number of methoxy groups -OCH3 is 1. The Morgan fingerprint density at radius 3 is 2.90 bits per heavy atom. The molecule has 1 aliphatic rings. The molecule has 2 aromatic carbocycles. The Morgan fingerprint density at radius 1 is 1.10 bits per heavy atom. The fourth-order valence-corrected chi connectivity index (χ4v) is 3.19. The molecule has 100 valence electrons. The predicted octanol–water partition coefficient (Wildman–Crippen LogP) is 4.52. The van der Waals surface area contributed by atoms with E-state index in [0.29, 0.717) is 5.92 Å². The number of fused-ring (bicyclic) bond motifs is 2. The Morgan fingerprint density at radius 2 is 2.00 bits per heavy atom. The number of rotatable bonds is 2. The molecule has 0 aliphatic heterocycles. The first-order chi connectivity index (χ1) is 9.85. The third-order valence-electron chi connectivity index (χ3n) is 4.22. The summed E-state index contributed by atoms with van der Waals surface area (Å²) in [4.78, 5) is 0. The van der Waals surface area contributed by atoms with E-state index in [2.05, 4.69) is 30.3 Å². The van der Waals surface area contributed by atoms with Gasteiger partial charge in [0.2, 0.25) is 0 Å². The molecule has 0 N–H and O–H groups in total. The Kier molecular flexibility index (Phi) is 2.56. The molecule has 3 aromatic rings. The van der Waals surface area contributed by atoms with Gasteiger partial charge < -0.3 is 9.15 Å². The number of hydrogen-bond acceptors (Lipinski definition) is 2. The zero-order chi connectivity index (χ0) is 13.5. The molecular weight excluding hydrogens is 248 g/mol. The van der Waals surface area contributed by atoms with Crippen LogP contribution in [0, 0.1) is 0 Å². The SMILES string of the molecule is COc1ccc2oc(C3CCc4ccccc43)cc2c1. The molecule has 20 heavy (non-hydrogen) atoms. The molecule has 0 fully saturated rings. The summed E-state index contributed by atoms with van der Waals surface area (Å²) in [5.41, 5.74) is 3.80. The van der Waals surface area contributed by atoms with Gasteiger partial charge in [-0.1, -0.05) is 24.3 Å². The topological polar surface area (TPSA) is 22.4 Å². The lowest BCUT2D eigenvalue weighted by Gasteiger charge is -2.07. The van der Waals surface area contributed by atoms with Crippen LogP contribution in [0.5, 0.6) is 5.75 Å². The van der Waals surface area contributed by atoms with Crippen LogP contribution in [0.3, 0.4) is 0 Å². The summed E-state index contributed by atoms with van der Waals surface area (Å²) in [6, 6.07) is 16.8. The lowest BCUT2D eigenvalue weighted by Crippen LogP contribution is -1.93. The second-order valence-electron chi connectivity index (χ2n) is 5.34. The number of hydrogen-bond donors (Lipinski definition) is 0. The van der Waals surface area contributed by atoms with Crippen molar-refractivity contribution in [2.45, 2.75) is 18.8 Å². The predicted molar refractivity (Wildman–Crippen MR) is 79.4 cm³/mol. The molecule has 4 rings (SSSR count). The average Bonchev–Trinajstić information content (AvgIpc) is 3.09. The van der Waals surface area contributed by atoms with Gasteiger partial charge in [0.15, 0.2) is 0 Å². The fraction of sp³-hybridized carbons (Fsp3) is 0.222. The van der Waals surface area contributed by atoms with Gasteiger partial charge in [0.25, 0.3) is 0 Å². The van der Waals surface area contributed by atoms with Crippen LogP contribution in [0.4, 0.5) is 0 Å². The van der Waals surface area contributed by atoms with Crippen LogP contribution >= 0.6 is 0 Å². The van der Waals surface area contributed by atoms with Gasteiger partial charge in [-0.15, -0.1) is 0 Å². The Hall–Kier alpha value is -2.22. The molecule has 0 saturated carbocycles. The summed E-state index contributed by atoms with van der Waals surface area (Å²) in [7, 11) is 1.69. The van der Waals surface area contributed by atoms with E-state index >= 15 is 0 Å². The minimum atomic E-state index is 0.393. The van der Waals surface area contributed by atoms with Gasteiger partial charge in [0.05, 0.1) is 7.11 Å². The molecule has 0 saturated heterocycles. The third-order valence-corrected chi connectivity index (χ3v) is 4.22. The van der Waals surface area contributed by atoms with Crippen LogP contribution in [0.1, 0.15) is 29.2 Å². The van der Waals surface area contributed by atoms with Crippen molar-refractivity contribution in [2.75, 3.05) is 7.11 Å². The van der Waals surface area contributed by atoms with Crippen LogP contribution in [0.15, 0.2) is 52.9 Å². The van der Waals surface area contributed by atoms with Gasteiger partial charge >= 0.3 is 0 Å². The lowest BCUT2D eigenvalue weighted by molar-refractivity contribution is 0.415. The second kappa shape index (κ2) is 4.41. The van der Waals surface area contributed by atoms with Gasteiger partial charge in [-0.25, -0.2) is 0 Å². The maximum absolute atomic E-state index is 6.05. The molecular formula is C18H16O2. The highest BCUT2D eigenvalue weighted by atomic mass is 16.5. The van der Waals surface area contributed by atoms with Crippen molar-refractivity contribution in [3.05, 3.63) is 65.4 Å². The van der Waals surface area contributed by atoms with E-state index in [1.807, 2.05) is 18.2 Å². The van der Waals surface area contributed by atoms with E-state index < -0.39 is 0 Å². The Bertz CT molecular complexity index is 770. The maximum atomic E-state index is 6.05. The zero-order valence-corrected chi connectivity index (χ0v) is 11.4. The molecule has 2 nitrogen and oxygen atoms in total. The van der Waals surface area contributed by atoms with Crippen molar-refractivity contribution >= 4 is 11.0 Å². The minimum Gasteiger partial charge on any atom is -0.497 e. The smallest absolute Gasteiger partial charge is 0.134 e. The van der Waals surface area contributed by atoms with E-state index in [4.69, 9.17) is 9.15 Å². The number of furan rings is 1. The second-order valence-corrected chi connectivity index (χ2v) is 5.34. The molecule has 1 heterocycles. The first-order valence-corrected chi connectivity index (χ1v) is 7.00. The van der Waals surface area contributed by atoms with E-state index in [0.717, 1.165) is 35.3 Å². The highest BCUT2D eigenvalue weighted by molar-refractivity contribution is 5.80. The van der Waals surface area contributed by atoms with Crippen LogP contribution in [0.25, 0.3) is 11.0 Å². The van der Waals surface area contributed by atoms with Crippen LogP contribution in [-0.4, -0.2) is 7.11 Å². The van der Waals surface area contributed by atoms with Crippen molar-refractivity contribution in [3.8, 4) is 5.75 Å². The maximum Gasteiger partial charge on any atom is 0.134 e. The molecule has 0 bridgehead atoms. The van der Waals surface area contributed by atoms with Crippen LogP contribution in [0.2, 0.25) is 0 Å². The van der Waals surface area contributed by atoms with Crippen molar-refractivity contribution in [1.82, 2.24) is 0 Å². The summed E-state index contributed by atoms with van der Waals surface area (Å²) >= 11 is 0. The van der Waals surface area contributed by atoms with Gasteiger partial charge in [-0.2, -0.15) is 0 Å². The third kappa shape index (κ3) is 1.72. The van der Waals surface area contributed by atoms with E-state index in [1.54, 1.807) is 7.11 Å². The molecule has 0 radical (unpaired) electrons. The Balaban J connectivity index is 1.80. The van der Waals surface area contributed by atoms with Crippen molar-refractivity contribution in [2.24, 2.45) is 0 Å². The fourth-order valence-electron chi connectivity index (χ4n) is 3.19. The molecule has 2 heteroatoms. The van der Waals surface area contributed by atoms with Gasteiger partial charge in [-0.05, 0) is 48.2 Å². The lowest BCUT2D eigenvalue weighted by atomic mass is 9.98. The molecule has 1 unspecified atom stereocenters. The normalized spacial score (nSPS) is 17.4. The van der Waals surface area contributed by atoms with Crippen molar-refractivity contribution in [1.29, 1.82) is 0 Å². The standard InChI is InChI=1S/C18H16O2/c1-19-14-7-9-17-13(10-14)11-18(20-17)16-8-6-12-4-2-3-5-15(12)16/h2-5,7,9-11,16H,6,8H2,1H3. The summed E-state index contributed by atoms with van der Waals surface area (Å²) in [5, 5.41) is 1.11. The first kappa shape index (κ1) is 11.6. The zero-order valence-electron chi connectivity index (χ0n) is 11.4. The summed E-state index contributed by atoms with van der Waals surface area (Å²) < 4.78 is 11.3. The molecule has 1 atom stereocenters. The van der Waals surface area contributed by atoms with Gasteiger partial charge in [0.1, 0.15) is 17.1 Å². The monoisotopic (exact) mass is 264 g/mol. The number of ether oxygens (including phenoxy) is 1. The quantitative estimate of drug-likeness (QED) is 0.679. The molecule has 1 aliphatic carbocycles. The van der Waals surface area contributed by atoms with E-state index in [1.165, 1.54) is 11.1 Å². The van der Waals surface area contributed by atoms with E-state index in [-0.39, 0.29) is 0 Å². The molecule has 0 amide bonds. The number of aryl methyl sites for hydroxylation is 1. The highest BCUT2D eigenvalue weighted by Gasteiger charge is 2.26. The molecule has 1 aromatic heterocycles. The number of benzene rings is 2. The molecule has 0 spiro atoms. The van der Waals surface area contributed by atoms with Gasteiger partial charge in [-0.3, -0.25) is 0 Å². The summed E-state index contributed by atoms with van der Waals surface area (Å²) in [5.74, 6) is 2.33. The largest absolute Gasteiger partial charge is 0.497 e.